The number of carbonyl (C=O) groups is 2. The fraction of sp³-hybridized carbons (Fsp3) is 0.500. The number of aromatic nitrogens is 1. The molecule has 0 saturated heterocycles. The van der Waals surface area contributed by atoms with Crippen LogP contribution in [0, 0.1) is 11.8 Å². The monoisotopic (exact) mass is 601 g/mol. The first-order valence-electron chi connectivity index (χ1n) is 14.1. The highest BCUT2D eigenvalue weighted by Crippen LogP contribution is 2.45. The van der Waals surface area contributed by atoms with Crippen molar-refractivity contribution in [2.45, 2.75) is 88.4 Å². The zero-order chi connectivity index (χ0) is 29.5. The molecule has 0 radical (unpaired) electrons. The van der Waals surface area contributed by atoms with Gasteiger partial charge < -0.3 is 10.4 Å². The molecule has 3 N–H and O–H groups in total. The third-order valence-corrected chi connectivity index (χ3v) is 10.8. The first-order valence-corrected chi connectivity index (χ1v) is 16.4. The number of amides is 1. The third kappa shape index (κ3) is 6.32. The number of rotatable bonds is 8. The average Bonchev–Trinajstić information content (AvgIpc) is 3.33. The fourth-order valence-corrected chi connectivity index (χ4v) is 8.48. The Morgan fingerprint density at radius 2 is 1.71 bits per heavy atom. The average molecular weight is 602 g/mol. The molecule has 2 aliphatic carbocycles. The maximum Gasteiger partial charge on any atom is 0.306 e. The predicted molar refractivity (Wildman–Crippen MR) is 157 cm³/mol. The molecule has 2 saturated carbocycles. The summed E-state index contributed by atoms with van der Waals surface area (Å²) in [5, 5.41) is 13.2. The van der Waals surface area contributed by atoms with Crippen molar-refractivity contribution in [1.82, 2.24) is 15.0 Å². The highest BCUT2D eigenvalue weighted by Gasteiger charge is 2.37. The van der Waals surface area contributed by atoms with E-state index in [0.717, 1.165) is 43.4 Å². The zero-order valence-corrected chi connectivity index (χ0v) is 25.1. The van der Waals surface area contributed by atoms with Crippen LogP contribution in [0.2, 0.25) is 0 Å². The van der Waals surface area contributed by atoms with Gasteiger partial charge in [-0.15, -0.1) is 11.3 Å². The summed E-state index contributed by atoms with van der Waals surface area (Å²) >= 11 is 1.09. The molecule has 1 unspecified atom stereocenters. The maximum absolute atomic E-state index is 16.2. The highest BCUT2D eigenvalue weighted by atomic mass is 32.2. The molecule has 2 aromatic carbocycles. The van der Waals surface area contributed by atoms with Gasteiger partial charge >= 0.3 is 5.97 Å². The summed E-state index contributed by atoms with van der Waals surface area (Å²) < 4.78 is 45.6. The molecule has 0 aliphatic heterocycles. The van der Waals surface area contributed by atoms with E-state index in [-0.39, 0.29) is 27.6 Å². The van der Waals surface area contributed by atoms with E-state index in [0.29, 0.717) is 34.1 Å². The molecule has 0 bridgehead atoms. The summed E-state index contributed by atoms with van der Waals surface area (Å²) in [6.07, 6.45) is 3.78. The van der Waals surface area contributed by atoms with Gasteiger partial charge in [0.2, 0.25) is 10.0 Å². The second-order valence-corrected chi connectivity index (χ2v) is 14.9. The summed E-state index contributed by atoms with van der Waals surface area (Å²) in [6, 6.07) is 10.0. The molecule has 1 aromatic heterocycles. The molecule has 3 aromatic rings. The van der Waals surface area contributed by atoms with Crippen molar-refractivity contribution in [2.24, 2.45) is 11.8 Å². The lowest BCUT2D eigenvalue weighted by Crippen LogP contribution is -2.46. The first-order chi connectivity index (χ1) is 19.3. The largest absolute Gasteiger partial charge is 0.481 e. The van der Waals surface area contributed by atoms with Crippen LogP contribution in [0.3, 0.4) is 0 Å². The van der Waals surface area contributed by atoms with Crippen LogP contribution in [0.15, 0.2) is 41.3 Å². The summed E-state index contributed by atoms with van der Waals surface area (Å²) in [5.74, 6) is -2.01. The van der Waals surface area contributed by atoms with Crippen molar-refractivity contribution in [3.63, 3.8) is 0 Å². The number of aliphatic carboxylic acids is 1. The molecule has 1 heterocycles. The summed E-state index contributed by atoms with van der Waals surface area (Å²) in [4.78, 5) is 29.5. The Hall–Kier alpha value is -2.89. The number of alkyl halides is 1. The predicted octanol–water partition coefficient (Wildman–Crippen LogP) is 6.22. The van der Waals surface area contributed by atoms with Crippen LogP contribution < -0.4 is 10.0 Å². The lowest BCUT2D eigenvalue weighted by molar-refractivity contribution is -0.145. The first kappa shape index (κ1) is 29.6. The van der Waals surface area contributed by atoms with E-state index in [1.54, 1.807) is 51.1 Å². The van der Waals surface area contributed by atoms with E-state index in [4.69, 9.17) is 5.11 Å². The molecular formula is C30H36FN3O5S2. The van der Waals surface area contributed by atoms with Gasteiger partial charge in [0.15, 0.2) is 5.01 Å². The molecule has 2 fully saturated rings. The second-order valence-electron chi connectivity index (χ2n) is 12.2. The molecule has 1 atom stereocenters. The van der Waals surface area contributed by atoms with E-state index in [1.807, 2.05) is 0 Å². The Morgan fingerprint density at radius 1 is 1.05 bits per heavy atom. The normalized spacial score (nSPS) is 20.9. The Balaban J connectivity index is 1.57. The van der Waals surface area contributed by atoms with E-state index >= 15 is 4.39 Å². The van der Waals surface area contributed by atoms with Crippen molar-refractivity contribution < 1.29 is 27.5 Å². The van der Waals surface area contributed by atoms with Crippen LogP contribution in [0.4, 0.5) is 4.39 Å². The Morgan fingerprint density at radius 3 is 2.34 bits per heavy atom. The molecule has 41 heavy (non-hydrogen) atoms. The number of benzene rings is 2. The summed E-state index contributed by atoms with van der Waals surface area (Å²) in [5.41, 5.74) is 0.144. The Bertz CT molecular complexity index is 1570. The number of thiazole rings is 1. The molecule has 11 heteroatoms. The number of nitrogens with zero attached hydrogens (tertiary/aromatic N) is 1. The lowest BCUT2D eigenvalue weighted by Gasteiger charge is -2.32. The smallest absolute Gasteiger partial charge is 0.306 e. The van der Waals surface area contributed by atoms with Crippen molar-refractivity contribution in [1.29, 1.82) is 0 Å². The molecule has 0 spiro atoms. The van der Waals surface area contributed by atoms with Crippen molar-refractivity contribution in [3.05, 3.63) is 47.1 Å². The Kier molecular flexibility index (Phi) is 8.24. The van der Waals surface area contributed by atoms with Gasteiger partial charge in [-0.2, -0.15) is 0 Å². The third-order valence-electron chi connectivity index (χ3n) is 7.85. The van der Waals surface area contributed by atoms with Crippen LogP contribution >= 0.6 is 11.3 Å². The van der Waals surface area contributed by atoms with Crippen molar-refractivity contribution in [3.8, 4) is 10.4 Å². The van der Waals surface area contributed by atoms with E-state index in [9.17, 15) is 18.0 Å². The minimum Gasteiger partial charge on any atom is -0.481 e. The summed E-state index contributed by atoms with van der Waals surface area (Å²) in [6.45, 7) is 5.32. The number of carbonyl (C=O) groups excluding carboxylic acids is 1. The fourth-order valence-electron chi connectivity index (χ4n) is 5.81. The van der Waals surface area contributed by atoms with Gasteiger partial charge in [0.05, 0.1) is 21.4 Å². The topological polar surface area (TPSA) is 125 Å². The van der Waals surface area contributed by atoms with E-state index in [2.05, 4.69) is 15.0 Å². The van der Waals surface area contributed by atoms with Gasteiger partial charge in [-0.25, -0.2) is 22.5 Å². The number of hydrogen-bond donors (Lipinski definition) is 3. The van der Waals surface area contributed by atoms with E-state index in [1.165, 1.54) is 6.07 Å². The number of nitrogens with one attached hydrogen (secondary N) is 2. The van der Waals surface area contributed by atoms with E-state index < -0.39 is 39.5 Å². The SMILES string of the molecule is CC(C)(C)NS(=O)(=O)c1ccc(-c2sc(C(=O)NC3CC(C(=O)O)C3)nc2C(F)C2CCCCC2)c2ccccc12. The Labute approximate surface area is 243 Å². The minimum atomic E-state index is -3.86. The van der Waals surface area contributed by atoms with Crippen LogP contribution in [-0.2, 0) is 14.8 Å². The molecule has 5 rings (SSSR count). The number of fused-ring (bicyclic) bond motifs is 1. The number of carboxylic acid groups (broad SMARTS) is 1. The van der Waals surface area contributed by atoms with Crippen LogP contribution in [0.1, 0.15) is 87.4 Å². The molecule has 2 aliphatic rings. The number of sulfonamides is 1. The van der Waals surface area contributed by atoms with Gasteiger partial charge in [-0.05, 0) is 63.8 Å². The van der Waals surface area contributed by atoms with Gasteiger partial charge in [0.25, 0.3) is 5.91 Å². The minimum absolute atomic E-state index is 0.113. The summed E-state index contributed by atoms with van der Waals surface area (Å²) in [7, 11) is -3.86. The molecular weight excluding hydrogens is 565 g/mol. The van der Waals surface area contributed by atoms with Gasteiger partial charge in [-0.1, -0.05) is 49.6 Å². The zero-order valence-electron chi connectivity index (χ0n) is 23.4. The second kappa shape index (κ2) is 11.4. The number of halogens is 1. The quantitative estimate of drug-likeness (QED) is 0.281. The lowest BCUT2D eigenvalue weighted by atomic mass is 9.80. The van der Waals surface area contributed by atoms with Crippen LogP contribution in [0.5, 0.6) is 0 Å². The molecule has 8 nitrogen and oxygen atoms in total. The van der Waals surface area contributed by atoms with Gasteiger partial charge in [0.1, 0.15) is 6.17 Å². The molecule has 1 amide bonds. The number of carboxylic acids is 1. The standard InChI is InChI=1S/C30H36FN3O5S2/c1-30(2,3)34-41(38,39)23-14-13-22(20-11-7-8-12-21(20)23)26-25(24(31)17-9-5-4-6-10-17)33-28(40-26)27(35)32-19-15-18(16-19)29(36)37/h7-8,11-14,17-19,24,34H,4-6,9-10,15-16H2,1-3H3,(H,32,35)(H,36,37). The maximum atomic E-state index is 16.2. The van der Waals surface area contributed by atoms with Crippen LogP contribution in [0.25, 0.3) is 21.2 Å². The van der Waals surface area contributed by atoms with Gasteiger partial charge in [0, 0.05) is 22.5 Å². The molecule has 220 valence electrons. The van der Waals surface area contributed by atoms with Crippen LogP contribution in [-0.4, -0.2) is 42.0 Å². The highest BCUT2D eigenvalue weighted by molar-refractivity contribution is 7.89. The van der Waals surface area contributed by atoms with Gasteiger partial charge in [-0.3, -0.25) is 9.59 Å². The van der Waals surface area contributed by atoms with Crippen molar-refractivity contribution in [2.75, 3.05) is 0 Å². The van der Waals surface area contributed by atoms with Crippen molar-refractivity contribution >= 4 is 44.0 Å². The number of hydrogen-bond acceptors (Lipinski definition) is 6.